The van der Waals surface area contributed by atoms with Gasteiger partial charge in [0.05, 0.1) is 17.4 Å². The number of rotatable bonds is 5. The molecule has 2 heterocycles. The minimum absolute atomic E-state index is 0.0274. The van der Waals surface area contributed by atoms with Crippen molar-refractivity contribution in [1.82, 2.24) is 9.21 Å². The van der Waals surface area contributed by atoms with Crippen LogP contribution in [-0.2, 0) is 14.8 Å². The van der Waals surface area contributed by atoms with Crippen molar-refractivity contribution < 1.29 is 17.6 Å². The Balaban J connectivity index is 1.58. The molecule has 0 bridgehead atoms. The summed E-state index contributed by atoms with van der Waals surface area (Å²) in [6.45, 7) is 4.87. The van der Waals surface area contributed by atoms with Crippen LogP contribution in [0, 0.1) is 11.7 Å². The van der Waals surface area contributed by atoms with E-state index in [1.54, 1.807) is 17.0 Å². The quantitative estimate of drug-likeness (QED) is 0.762. The first-order valence-electron chi connectivity index (χ1n) is 9.68. The van der Waals surface area contributed by atoms with Gasteiger partial charge in [-0.3, -0.25) is 4.79 Å². The highest BCUT2D eigenvalue weighted by atomic mass is 32.2. The summed E-state index contributed by atoms with van der Waals surface area (Å²) in [5, 5.41) is 0. The Kier molecular flexibility index (Phi) is 6.37. The number of hydrogen-bond acceptors (Lipinski definition) is 4. The standard InChI is InChI=1S/C19H28FN3O3S/c1-2-14-27(25,26)23-9-5-6-16(15-23)19(24)22-12-10-21(11-13-22)18-8-4-3-7-17(18)20/h3-4,7-8,16H,2,5-6,9-15H2,1H3. The van der Waals surface area contributed by atoms with Gasteiger partial charge >= 0.3 is 0 Å². The Bertz CT molecular complexity index is 763. The number of hydrogen-bond donors (Lipinski definition) is 0. The van der Waals surface area contributed by atoms with Crippen LogP contribution < -0.4 is 4.90 Å². The lowest BCUT2D eigenvalue weighted by atomic mass is 9.97. The highest BCUT2D eigenvalue weighted by Gasteiger charge is 2.34. The smallest absolute Gasteiger partial charge is 0.227 e. The van der Waals surface area contributed by atoms with Crippen LogP contribution in [0.5, 0.6) is 0 Å². The minimum atomic E-state index is -3.27. The number of amides is 1. The third kappa shape index (κ3) is 4.60. The number of sulfonamides is 1. The van der Waals surface area contributed by atoms with E-state index in [2.05, 4.69) is 0 Å². The van der Waals surface area contributed by atoms with Crippen molar-refractivity contribution in [3.8, 4) is 0 Å². The first-order chi connectivity index (χ1) is 12.9. The van der Waals surface area contributed by atoms with E-state index in [0.29, 0.717) is 51.3 Å². The molecule has 1 amide bonds. The number of piperidine rings is 1. The molecule has 3 rings (SSSR count). The molecule has 27 heavy (non-hydrogen) atoms. The molecule has 0 aromatic heterocycles. The maximum absolute atomic E-state index is 14.0. The van der Waals surface area contributed by atoms with E-state index < -0.39 is 10.0 Å². The molecule has 2 fully saturated rings. The molecule has 1 unspecified atom stereocenters. The highest BCUT2D eigenvalue weighted by Crippen LogP contribution is 2.24. The Labute approximate surface area is 161 Å². The molecule has 0 aliphatic carbocycles. The van der Waals surface area contributed by atoms with Crippen molar-refractivity contribution in [1.29, 1.82) is 0 Å². The van der Waals surface area contributed by atoms with E-state index in [0.717, 1.165) is 6.42 Å². The molecule has 2 aliphatic rings. The van der Waals surface area contributed by atoms with Crippen LogP contribution in [0.25, 0.3) is 0 Å². The van der Waals surface area contributed by atoms with Crippen molar-refractivity contribution in [3.63, 3.8) is 0 Å². The number of carbonyl (C=O) groups excluding carboxylic acids is 1. The van der Waals surface area contributed by atoms with Crippen LogP contribution in [0.15, 0.2) is 24.3 Å². The van der Waals surface area contributed by atoms with Gasteiger partial charge in [0, 0.05) is 39.3 Å². The van der Waals surface area contributed by atoms with Crippen molar-refractivity contribution in [2.75, 3.05) is 49.9 Å². The van der Waals surface area contributed by atoms with E-state index in [4.69, 9.17) is 0 Å². The SMILES string of the molecule is CCCS(=O)(=O)N1CCCC(C(=O)N2CCN(c3ccccc3F)CC2)C1. The zero-order valence-corrected chi connectivity index (χ0v) is 16.6. The normalized spacial score (nSPS) is 22.1. The van der Waals surface area contributed by atoms with Crippen LogP contribution in [0.4, 0.5) is 10.1 Å². The van der Waals surface area contributed by atoms with Crippen LogP contribution in [0.3, 0.4) is 0 Å². The molecule has 6 nitrogen and oxygen atoms in total. The summed E-state index contributed by atoms with van der Waals surface area (Å²) in [6, 6.07) is 6.67. The van der Waals surface area contributed by atoms with Gasteiger partial charge in [-0.15, -0.1) is 0 Å². The maximum Gasteiger partial charge on any atom is 0.227 e. The number of carbonyl (C=O) groups is 1. The van der Waals surface area contributed by atoms with Crippen LogP contribution >= 0.6 is 0 Å². The number of halogens is 1. The molecule has 0 saturated carbocycles. The van der Waals surface area contributed by atoms with Gasteiger partial charge in [-0.2, -0.15) is 0 Å². The average Bonchev–Trinajstić information content (AvgIpc) is 2.68. The topological polar surface area (TPSA) is 60.9 Å². The summed E-state index contributed by atoms with van der Waals surface area (Å²) in [5.74, 6) is -0.360. The Morgan fingerprint density at radius 3 is 2.52 bits per heavy atom. The molecule has 0 N–H and O–H groups in total. The summed E-state index contributed by atoms with van der Waals surface area (Å²) >= 11 is 0. The Morgan fingerprint density at radius 1 is 1.15 bits per heavy atom. The minimum Gasteiger partial charge on any atom is -0.366 e. The zero-order chi connectivity index (χ0) is 19.4. The van der Waals surface area contributed by atoms with Gasteiger partial charge in [-0.25, -0.2) is 17.1 Å². The maximum atomic E-state index is 14.0. The highest BCUT2D eigenvalue weighted by molar-refractivity contribution is 7.89. The van der Waals surface area contributed by atoms with Gasteiger partial charge in [0.2, 0.25) is 15.9 Å². The predicted octanol–water partition coefficient (Wildman–Crippen LogP) is 1.93. The fraction of sp³-hybridized carbons (Fsp3) is 0.632. The number of benzene rings is 1. The largest absolute Gasteiger partial charge is 0.366 e. The third-order valence-corrected chi connectivity index (χ3v) is 7.42. The molecular weight excluding hydrogens is 369 g/mol. The lowest BCUT2D eigenvalue weighted by Crippen LogP contribution is -2.53. The van der Waals surface area contributed by atoms with E-state index >= 15 is 0 Å². The van der Waals surface area contributed by atoms with Gasteiger partial charge in [0.1, 0.15) is 5.82 Å². The summed E-state index contributed by atoms with van der Waals surface area (Å²) in [4.78, 5) is 16.7. The lowest BCUT2D eigenvalue weighted by molar-refractivity contribution is -0.137. The summed E-state index contributed by atoms with van der Waals surface area (Å²) in [5.41, 5.74) is 0.569. The van der Waals surface area contributed by atoms with Crippen molar-refractivity contribution in [3.05, 3.63) is 30.1 Å². The fourth-order valence-electron chi connectivity index (χ4n) is 3.92. The molecule has 8 heteroatoms. The Morgan fingerprint density at radius 2 is 1.85 bits per heavy atom. The monoisotopic (exact) mass is 397 g/mol. The fourth-order valence-corrected chi connectivity index (χ4v) is 5.51. The second-order valence-electron chi connectivity index (χ2n) is 7.28. The second kappa shape index (κ2) is 8.56. The first-order valence-corrected chi connectivity index (χ1v) is 11.3. The number of nitrogens with zero attached hydrogens (tertiary/aromatic N) is 3. The van der Waals surface area contributed by atoms with Crippen molar-refractivity contribution in [2.45, 2.75) is 26.2 Å². The van der Waals surface area contributed by atoms with Crippen LogP contribution in [0.2, 0.25) is 0 Å². The van der Waals surface area contributed by atoms with Gasteiger partial charge in [0.25, 0.3) is 0 Å². The summed E-state index contributed by atoms with van der Waals surface area (Å²) < 4.78 is 40.1. The number of anilines is 1. The van der Waals surface area contributed by atoms with Gasteiger partial charge in [0.15, 0.2) is 0 Å². The molecule has 1 atom stereocenters. The molecular formula is C19H28FN3O3S. The molecule has 0 spiro atoms. The summed E-state index contributed by atoms with van der Waals surface area (Å²) in [7, 11) is -3.27. The van der Waals surface area contributed by atoms with E-state index in [-0.39, 0.29) is 29.9 Å². The molecule has 150 valence electrons. The molecule has 1 aromatic rings. The first kappa shape index (κ1) is 20.1. The average molecular weight is 398 g/mol. The summed E-state index contributed by atoms with van der Waals surface area (Å²) in [6.07, 6.45) is 2.02. The molecule has 0 radical (unpaired) electrons. The van der Waals surface area contributed by atoms with Crippen LogP contribution in [0.1, 0.15) is 26.2 Å². The van der Waals surface area contributed by atoms with Crippen molar-refractivity contribution in [2.24, 2.45) is 5.92 Å². The van der Waals surface area contributed by atoms with Gasteiger partial charge in [-0.05, 0) is 31.4 Å². The molecule has 2 aliphatic heterocycles. The molecule has 2 saturated heterocycles. The predicted molar refractivity (Wildman–Crippen MR) is 104 cm³/mol. The van der Waals surface area contributed by atoms with Crippen molar-refractivity contribution >= 4 is 21.6 Å². The van der Waals surface area contributed by atoms with Gasteiger partial charge in [-0.1, -0.05) is 19.1 Å². The molecule has 1 aromatic carbocycles. The third-order valence-electron chi connectivity index (χ3n) is 5.37. The lowest BCUT2D eigenvalue weighted by Gasteiger charge is -2.39. The van der Waals surface area contributed by atoms with E-state index in [1.807, 2.05) is 17.9 Å². The number of piperazine rings is 1. The Hall–Kier alpha value is -1.67. The van der Waals surface area contributed by atoms with E-state index in [9.17, 15) is 17.6 Å². The van der Waals surface area contributed by atoms with Crippen LogP contribution in [-0.4, -0.2) is 68.6 Å². The van der Waals surface area contributed by atoms with E-state index in [1.165, 1.54) is 10.4 Å². The number of para-hydroxylation sites is 1. The second-order valence-corrected chi connectivity index (χ2v) is 9.37. The van der Waals surface area contributed by atoms with Gasteiger partial charge < -0.3 is 9.80 Å². The zero-order valence-electron chi connectivity index (χ0n) is 15.8.